The zero-order valence-corrected chi connectivity index (χ0v) is 17.8. The number of ether oxygens (including phenoxy) is 1. The molecular formula is C18H15BrN6O3S. The molecule has 3 heterocycles. The summed E-state index contributed by atoms with van der Waals surface area (Å²) in [6.07, 6.45) is -0.195. The van der Waals surface area contributed by atoms with E-state index in [4.69, 9.17) is 9.26 Å². The van der Waals surface area contributed by atoms with Crippen LogP contribution in [0.3, 0.4) is 0 Å². The molecular weight excluding hydrogens is 460 g/mol. The zero-order chi connectivity index (χ0) is 20.4. The molecule has 0 spiro atoms. The van der Waals surface area contributed by atoms with Gasteiger partial charge in [0, 0.05) is 15.4 Å². The van der Waals surface area contributed by atoms with Crippen LogP contribution >= 0.6 is 27.3 Å². The average molecular weight is 475 g/mol. The Labute approximate surface area is 177 Å². The van der Waals surface area contributed by atoms with Gasteiger partial charge in [0.15, 0.2) is 0 Å². The van der Waals surface area contributed by atoms with Gasteiger partial charge < -0.3 is 9.26 Å². The van der Waals surface area contributed by atoms with Crippen LogP contribution in [0.2, 0.25) is 0 Å². The zero-order valence-electron chi connectivity index (χ0n) is 15.4. The molecule has 9 nitrogen and oxygen atoms in total. The molecule has 0 atom stereocenters. The van der Waals surface area contributed by atoms with E-state index in [1.807, 2.05) is 11.4 Å². The highest BCUT2D eigenvalue weighted by molar-refractivity contribution is 9.10. The fourth-order valence-electron chi connectivity index (χ4n) is 2.46. The lowest BCUT2D eigenvalue weighted by molar-refractivity contribution is 0.0378. The molecule has 29 heavy (non-hydrogen) atoms. The van der Waals surface area contributed by atoms with Gasteiger partial charge in [-0.05, 0) is 53.2 Å². The van der Waals surface area contributed by atoms with Gasteiger partial charge in [0.2, 0.25) is 11.6 Å². The molecule has 148 valence electrons. The van der Waals surface area contributed by atoms with E-state index >= 15 is 0 Å². The lowest BCUT2D eigenvalue weighted by Crippen LogP contribution is -2.11. The molecule has 0 aliphatic heterocycles. The van der Waals surface area contributed by atoms with E-state index in [-0.39, 0.29) is 12.6 Å². The summed E-state index contributed by atoms with van der Waals surface area (Å²) in [6, 6.07) is 8.82. The van der Waals surface area contributed by atoms with E-state index in [9.17, 15) is 4.79 Å². The van der Waals surface area contributed by atoms with Crippen molar-refractivity contribution < 1.29 is 14.1 Å². The van der Waals surface area contributed by atoms with Crippen molar-refractivity contribution in [2.45, 2.75) is 26.5 Å². The van der Waals surface area contributed by atoms with Gasteiger partial charge in [-0.2, -0.15) is 9.78 Å². The Hall–Kier alpha value is -2.92. The third-order valence-electron chi connectivity index (χ3n) is 3.68. The highest BCUT2D eigenvalue weighted by atomic mass is 79.9. The lowest BCUT2D eigenvalue weighted by Gasteiger charge is -2.08. The smallest absolute Gasteiger partial charge is 0.338 e. The standard InChI is InChI=1S/C18H15BrN6O3S/c1-10(2)27-18(26)12-5-3-4-11(6-12)16-21-24-25(22-16)8-15-20-17(23-28-15)14-7-13(19)9-29-14/h3-7,9-10H,8H2,1-2H3. The van der Waals surface area contributed by atoms with E-state index in [2.05, 4.69) is 41.5 Å². The summed E-state index contributed by atoms with van der Waals surface area (Å²) < 4.78 is 11.5. The number of carbonyl (C=O) groups excluding carboxylic acids is 1. The first kappa shape index (κ1) is 19.4. The Morgan fingerprint density at radius 1 is 1.31 bits per heavy atom. The molecule has 0 radical (unpaired) electrons. The maximum atomic E-state index is 12.1. The van der Waals surface area contributed by atoms with Crippen LogP contribution in [0.5, 0.6) is 0 Å². The fourth-order valence-corrected chi connectivity index (χ4v) is 3.82. The van der Waals surface area contributed by atoms with Gasteiger partial charge >= 0.3 is 5.97 Å². The monoisotopic (exact) mass is 474 g/mol. The summed E-state index contributed by atoms with van der Waals surface area (Å²) in [5.74, 6) is 0.856. The number of halogens is 1. The SMILES string of the molecule is CC(C)OC(=O)c1cccc(-c2nnn(Cc3nc(-c4cc(Br)cs4)no3)n2)c1. The molecule has 0 saturated heterocycles. The van der Waals surface area contributed by atoms with Crippen molar-refractivity contribution in [2.24, 2.45) is 0 Å². The third-order valence-corrected chi connectivity index (χ3v) is 5.37. The molecule has 0 aliphatic carbocycles. The number of aromatic nitrogens is 6. The molecule has 11 heteroatoms. The van der Waals surface area contributed by atoms with Crippen LogP contribution in [0.15, 0.2) is 44.7 Å². The first-order valence-electron chi connectivity index (χ1n) is 8.64. The first-order chi connectivity index (χ1) is 14.0. The Bertz CT molecular complexity index is 1150. The molecule has 0 fully saturated rings. The van der Waals surface area contributed by atoms with Crippen LogP contribution < -0.4 is 0 Å². The average Bonchev–Trinajstić information content (AvgIpc) is 3.43. The largest absolute Gasteiger partial charge is 0.459 e. The maximum absolute atomic E-state index is 12.1. The Kier molecular flexibility index (Phi) is 5.49. The summed E-state index contributed by atoms with van der Waals surface area (Å²) in [7, 11) is 0. The van der Waals surface area contributed by atoms with Gasteiger partial charge in [-0.25, -0.2) is 4.79 Å². The molecule has 3 aromatic heterocycles. The van der Waals surface area contributed by atoms with Crippen molar-refractivity contribution >= 4 is 33.2 Å². The quantitative estimate of drug-likeness (QED) is 0.387. The Morgan fingerprint density at radius 3 is 2.93 bits per heavy atom. The summed E-state index contributed by atoms with van der Waals surface area (Å²) in [5.41, 5.74) is 1.08. The van der Waals surface area contributed by atoms with Gasteiger partial charge in [0.1, 0.15) is 6.54 Å². The minimum Gasteiger partial charge on any atom is -0.459 e. The molecule has 0 amide bonds. The van der Waals surface area contributed by atoms with E-state index < -0.39 is 5.97 Å². The number of tetrazole rings is 1. The van der Waals surface area contributed by atoms with E-state index in [0.29, 0.717) is 28.7 Å². The minimum absolute atomic E-state index is 0.182. The van der Waals surface area contributed by atoms with Crippen LogP contribution in [0, 0.1) is 0 Å². The van der Waals surface area contributed by atoms with E-state index in [1.54, 1.807) is 38.1 Å². The number of carbonyl (C=O) groups is 1. The molecule has 4 rings (SSSR count). The second-order valence-electron chi connectivity index (χ2n) is 6.32. The van der Waals surface area contributed by atoms with Crippen molar-refractivity contribution in [2.75, 3.05) is 0 Å². The van der Waals surface area contributed by atoms with Crippen LogP contribution in [-0.2, 0) is 11.3 Å². The van der Waals surface area contributed by atoms with Gasteiger partial charge in [-0.1, -0.05) is 17.3 Å². The summed E-state index contributed by atoms with van der Waals surface area (Å²) in [6.45, 7) is 3.78. The molecule has 0 N–H and O–H groups in total. The molecule has 0 saturated carbocycles. The van der Waals surface area contributed by atoms with Crippen molar-refractivity contribution in [3.05, 3.63) is 51.6 Å². The van der Waals surface area contributed by atoms with Crippen molar-refractivity contribution in [3.63, 3.8) is 0 Å². The van der Waals surface area contributed by atoms with Crippen LogP contribution in [0.25, 0.3) is 22.1 Å². The number of thiophene rings is 1. The molecule has 1 aromatic carbocycles. The Morgan fingerprint density at radius 2 is 2.17 bits per heavy atom. The van der Waals surface area contributed by atoms with Crippen molar-refractivity contribution in [3.8, 4) is 22.1 Å². The number of hydrogen-bond acceptors (Lipinski definition) is 9. The van der Waals surface area contributed by atoms with Crippen LogP contribution in [0.4, 0.5) is 0 Å². The Balaban J connectivity index is 1.49. The van der Waals surface area contributed by atoms with Gasteiger partial charge in [0.25, 0.3) is 5.89 Å². The molecule has 4 aromatic rings. The summed E-state index contributed by atoms with van der Waals surface area (Å²) >= 11 is 4.91. The predicted molar refractivity (Wildman–Crippen MR) is 108 cm³/mol. The van der Waals surface area contributed by atoms with Crippen LogP contribution in [-0.4, -0.2) is 42.4 Å². The molecule has 0 unspecified atom stereocenters. The van der Waals surface area contributed by atoms with Crippen LogP contribution in [0.1, 0.15) is 30.1 Å². The topological polar surface area (TPSA) is 109 Å². The second kappa shape index (κ2) is 8.21. The van der Waals surface area contributed by atoms with Crippen molar-refractivity contribution in [1.82, 2.24) is 30.3 Å². The second-order valence-corrected chi connectivity index (χ2v) is 8.15. The number of esters is 1. The fraction of sp³-hybridized carbons (Fsp3) is 0.222. The van der Waals surface area contributed by atoms with Gasteiger partial charge in [-0.15, -0.1) is 21.5 Å². The van der Waals surface area contributed by atoms with Gasteiger partial charge in [-0.3, -0.25) is 0 Å². The normalized spacial score (nSPS) is 11.2. The lowest BCUT2D eigenvalue weighted by atomic mass is 10.1. The number of hydrogen-bond donors (Lipinski definition) is 0. The number of nitrogens with zero attached hydrogens (tertiary/aromatic N) is 6. The summed E-state index contributed by atoms with van der Waals surface area (Å²) in [5, 5.41) is 18.3. The highest BCUT2D eigenvalue weighted by Gasteiger charge is 2.15. The van der Waals surface area contributed by atoms with Gasteiger partial charge in [0.05, 0.1) is 16.5 Å². The highest BCUT2D eigenvalue weighted by Crippen LogP contribution is 2.27. The van der Waals surface area contributed by atoms with Crippen molar-refractivity contribution in [1.29, 1.82) is 0 Å². The molecule has 0 aliphatic rings. The minimum atomic E-state index is -0.396. The number of rotatable bonds is 6. The maximum Gasteiger partial charge on any atom is 0.338 e. The first-order valence-corrected chi connectivity index (χ1v) is 10.3. The van der Waals surface area contributed by atoms with E-state index in [0.717, 1.165) is 9.35 Å². The summed E-state index contributed by atoms with van der Waals surface area (Å²) in [4.78, 5) is 18.7. The number of benzene rings is 1. The predicted octanol–water partition coefficient (Wildman–Crippen LogP) is 3.83. The third kappa shape index (κ3) is 4.57. The van der Waals surface area contributed by atoms with E-state index in [1.165, 1.54) is 16.1 Å². The molecule has 0 bridgehead atoms.